The Kier molecular flexibility index (Phi) is 3.37. The van der Waals surface area contributed by atoms with E-state index in [1.165, 1.54) is 0 Å². The lowest BCUT2D eigenvalue weighted by molar-refractivity contribution is -0.0278. The van der Waals surface area contributed by atoms with Crippen molar-refractivity contribution >= 4 is 6.09 Å². The van der Waals surface area contributed by atoms with E-state index in [2.05, 4.69) is 0 Å². The Morgan fingerprint density at radius 3 is 2.64 bits per heavy atom. The summed E-state index contributed by atoms with van der Waals surface area (Å²) in [5.74, 6) is 0. The van der Waals surface area contributed by atoms with Gasteiger partial charge in [-0.3, -0.25) is 0 Å². The normalized spacial score (nSPS) is 23.4. The summed E-state index contributed by atoms with van der Waals surface area (Å²) in [4.78, 5) is 13.4. The van der Waals surface area contributed by atoms with Gasteiger partial charge in [0.05, 0.1) is 19.3 Å². The first-order valence-corrected chi connectivity index (χ1v) is 4.97. The van der Waals surface area contributed by atoms with Gasteiger partial charge < -0.3 is 14.4 Å². The molecule has 0 radical (unpaired) electrons. The standard InChI is InChI=1S/C10H19NO3/c1-8-7-13-6-5-11(8)9(12)14-10(2,3)4/h8H,5-7H2,1-4H3/t8-/m1/s1. The zero-order valence-electron chi connectivity index (χ0n) is 9.37. The van der Waals surface area contributed by atoms with Crippen LogP contribution in [0.1, 0.15) is 27.7 Å². The Bertz CT molecular complexity index is 210. The second kappa shape index (κ2) is 4.17. The van der Waals surface area contributed by atoms with Crippen LogP contribution in [0.25, 0.3) is 0 Å². The maximum atomic E-state index is 11.7. The van der Waals surface area contributed by atoms with Crippen LogP contribution in [0.4, 0.5) is 4.79 Å². The van der Waals surface area contributed by atoms with Crippen LogP contribution < -0.4 is 0 Å². The number of carbonyl (C=O) groups is 1. The Hall–Kier alpha value is -0.770. The van der Waals surface area contributed by atoms with Crippen molar-refractivity contribution < 1.29 is 14.3 Å². The van der Waals surface area contributed by atoms with Crippen molar-refractivity contribution in [2.45, 2.75) is 39.3 Å². The lowest BCUT2D eigenvalue weighted by atomic mass is 10.2. The Balaban J connectivity index is 2.50. The smallest absolute Gasteiger partial charge is 0.410 e. The fourth-order valence-corrected chi connectivity index (χ4v) is 1.32. The summed E-state index contributed by atoms with van der Waals surface area (Å²) in [6.45, 7) is 9.39. The third kappa shape index (κ3) is 3.18. The molecule has 0 spiro atoms. The van der Waals surface area contributed by atoms with Gasteiger partial charge in [0.25, 0.3) is 0 Å². The van der Waals surface area contributed by atoms with E-state index >= 15 is 0 Å². The molecular weight excluding hydrogens is 182 g/mol. The topological polar surface area (TPSA) is 38.8 Å². The molecule has 0 aromatic carbocycles. The number of hydrogen-bond donors (Lipinski definition) is 0. The minimum atomic E-state index is -0.422. The largest absolute Gasteiger partial charge is 0.444 e. The summed E-state index contributed by atoms with van der Waals surface area (Å²) >= 11 is 0. The number of hydrogen-bond acceptors (Lipinski definition) is 3. The van der Waals surface area contributed by atoms with E-state index in [0.717, 1.165) is 0 Å². The van der Waals surface area contributed by atoms with Crippen LogP contribution in [0.15, 0.2) is 0 Å². The molecule has 1 heterocycles. The van der Waals surface area contributed by atoms with Crippen molar-refractivity contribution in [3.8, 4) is 0 Å². The van der Waals surface area contributed by atoms with Crippen molar-refractivity contribution in [3.05, 3.63) is 0 Å². The molecule has 0 aromatic rings. The summed E-state index contributed by atoms with van der Waals surface area (Å²) in [6.07, 6.45) is -0.242. The highest BCUT2D eigenvalue weighted by molar-refractivity contribution is 5.68. The molecule has 1 rings (SSSR count). The predicted molar refractivity (Wildman–Crippen MR) is 53.2 cm³/mol. The van der Waals surface area contributed by atoms with Crippen LogP contribution in [-0.4, -0.2) is 42.4 Å². The number of ether oxygens (including phenoxy) is 2. The first-order chi connectivity index (χ1) is 6.40. The Morgan fingerprint density at radius 2 is 2.14 bits per heavy atom. The van der Waals surface area contributed by atoms with Gasteiger partial charge in [-0.15, -0.1) is 0 Å². The average Bonchev–Trinajstić information content (AvgIpc) is 2.01. The molecule has 1 amide bonds. The maximum Gasteiger partial charge on any atom is 0.410 e. The van der Waals surface area contributed by atoms with Crippen LogP contribution in [-0.2, 0) is 9.47 Å². The molecule has 0 aromatic heterocycles. The van der Waals surface area contributed by atoms with Gasteiger partial charge in [-0.1, -0.05) is 0 Å². The van der Waals surface area contributed by atoms with E-state index in [9.17, 15) is 4.79 Å². The van der Waals surface area contributed by atoms with Gasteiger partial charge in [-0.25, -0.2) is 4.79 Å². The van der Waals surface area contributed by atoms with Gasteiger partial charge in [0.2, 0.25) is 0 Å². The maximum absolute atomic E-state index is 11.7. The molecule has 4 heteroatoms. The van der Waals surface area contributed by atoms with Gasteiger partial charge in [-0.2, -0.15) is 0 Å². The summed E-state index contributed by atoms with van der Waals surface area (Å²) in [5, 5.41) is 0. The number of amides is 1. The van der Waals surface area contributed by atoms with Gasteiger partial charge in [0.1, 0.15) is 5.60 Å². The van der Waals surface area contributed by atoms with Gasteiger partial charge >= 0.3 is 6.09 Å². The van der Waals surface area contributed by atoms with E-state index in [1.54, 1.807) is 4.90 Å². The molecule has 4 nitrogen and oxygen atoms in total. The Labute approximate surface area is 85.2 Å². The monoisotopic (exact) mass is 201 g/mol. The van der Waals surface area contributed by atoms with Gasteiger partial charge in [0, 0.05) is 6.54 Å². The summed E-state index contributed by atoms with van der Waals surface area (Å²) in [6, 6.07) is 0.110. The SMILES string of the molecule is C[C@@H]1COCCN1C(=O)OC(C)(C)C. The molecule has 1 aliphatic heterocycles. The second-order valence-corrected chi connectivity index (χ2v) is 4.60. The van der Waals surface area contributed by atoms with Crippen LogP contribution >= 0.6 is 0 Å². The lowest BCUT2D eigenvalue weighted by Gasteiger charge is -2.34. The molecule has 14 heavy (non-hydrogen) atoms. The fraction of sp³-hybridized carbons (Fsp3) is 0.900. The summed E-state index contributed by atoms with van der Waals surface area (Å²) in [5.41, 5.74) is -0.422. The number of morpholine rings is 1. The average molecular weight is 201 g/mol. The van der Waals surface area contributed by atoms with E-state index in [4.69, 9.17) is 9.47 Å². The molecule has 0 saturated carbocycles. The van der Waals surface area contributed by atoms with Gasteiger partial charge in [0.15, 0.2) is 0 Å². The summed E-state index contributed by atoms with van der Waals surface area (Å²) in [7, 11) is 0. The van der Waals surface area contributed by atoms with Crippen LogP contribution in [0.3, 0.4) is 0 Å². The molecule has 0 bridgehead atoms. The van der Waals surface area contributed by atoms with Crippen molar-refractivity contribution in [2.24, 2.45) is 0 Å². The molecule has 1 aliphatic rings. The van der Waals surface area contributed by atoms with Crippen LogP contribution in [0, 0.1) is 0 Å². The highest BCUT2D eigenvalue weighted by atomic mass is 16.6. The summed E-state index contributed by atoms with van der Waals surface area (Å²) < 4.78 is 10.5. The quantitative estimate of drug-likeness (QED) is 0.598. The number of rotatable bonds is 0. The van der Waals surface area contributed by atoms with E-state index in [0.29, 0.717) is 19.8 Å². The lowest BCUT2D eigenvalue weighted by Crippen LogP contribution is -2.48. The first kappa shape index (κ1) is 11.3. The minimum absolute atomic E-state index is 0.110. The molecule has 0 unspecified atom stereocenters. The molecule has 1 saturated heterocycles. The third-order valence-corrected chi connectivity index (χ3v) is 2.00. The third-order valence-electron chi connectivity index (χ3n) is 2.00. The Morgan fingerprint density at radius 1 is 1.50 bits per heavy atom. The van der Waals surface area contributed by atoms with E-state index in [1.807, 2.05) is 27.7 Å². The zero-order chi connectivity index (χ0) is 10.8. The van der Waals surface area contributed by atoms with E-state index in [-0.39, 0.29) is 12.1 Å². The van der Waals surface area contributed by atoms with Crippen molar-refractivity contribution in [1.29, 1.82) is 0 Å². The van der Waals surface area contributed by atoms with Crippen molar-refractivity contribution in [1.82, 2.24) is 4.90 Å². The minimum Gasteiger partial charge on any atom is -0.444 e. The zero-order valence-corrected chi connectivity index (χ0v) is 9.37. The molecular formula is C10H19NO3. The van der Waals surface area contributed by atoms with Crippen molar-refractivity contribution in [2.75, 3.05) is 19.8 Å². The van der Waals surface area contributed by atoms with Crippen LogP contribution in [0.2, 0.25) is 0 Å². The van der Waals surface area contributed by atoms with E-state index < -0.39 is 5.60 Å². The first-order valence-electron chi connectivity index (χ1n) is 4.97. The molecule has 82 valence electrons. The highest BCUT2D eigenvalue weighted by Crippen LogP contribution is 2.13. The number of nitrogens with zero attached hydrogens (tertiary/aromatic N) is 1. The molecule has 0 aliphatic carbocycles. The molecule has 1 fully saturated rings. The van der Waals surface area contributed by atoms with Crippen molar-refractivity contribution in [3.63, 3.8) is 0 Å². The highest BCUT2D eigenvalue weighted by Gasteiger charge is 2.27. The molecule has 1 atom stereocenters. The number of carbonyl (C=O) groups excluding carboxylic acids is 1. The molecule has 0 N–H and O–H groups in total. The van der Waals surface area contributed by atoms with Crippen LogP contribution in [0.5, 0.6) is 0 Å². The predicted octanol–water partition coefficient (Wildman–Crippen LogP) is 1.64. The second-order valence-electron chi connectivity index (χ2n) is 4.60. The fourth-order valence-electron chi connectivity index (χ4n) is 1.32. The van der Waals surface area contributed by atoms with Gasteiger partial charge in [-0.05, 0) is 27.7 Å².